The topological polar surface area (TPSA) is 23.4 Å². The van der Waals surface area contributed by atoms with Crippen LogP contribution in [0.15, 0.2) is 48.5 Å². The minimum absolute atomic E-state index is 0.518. The van der Waals surface area contributed by atoms with Crippen LogP contribution in [-0.2, 0) is 13.7 Å². The summed E-state index contributed by atoms with van der Waals surface area (Å²) in [5.74, 6) is 1.52. The molecule has 3 nitrogen and oxygen atoms in total. The van der Waals surface area contributed by atoms with E-state index in [1.165, 1.54) is 16.5 Å². The van der Waals surface area contributed by atoms with Crippen molar-refractivity contribution < 1.29 is 9.47 Å². The van der Waals surface area contributed by atoms with Crippen LogP contribution < -0.4 is 9.47 Å². The molecule has 0 bridgehead atoms. The first-order valence-electron chi connectivity index (χ1n) is 7.00. The van der Waals surface area contributed by atoms with E-state index in [0.29, 0.717) is 6.61 Å². The van der Waals surface area contributed by atoms with Gasteiger partial charge in [0.1, 0.15) is 6.61 Å². The van der Waals surface area contributed by atoms with Crippen molar-refractivity contribution in [3.05, 3.63) is 59.8 Å². The Morgan fingerprint density at radius 2 is 1.76 bits per heavy atom. The van der Waals surface area contributed by atoms with Crippen molar-refractivity contribution in [1.29, 1.82) is 0 Å². The molecule has 0 aliphatic carbocycles. The van der Waals surface area contributed by atoms with E-state index >= 15 is 0 Å². The molecule has 1 aromatic heterocycles. The second-order valence-corrected chi connectivity index (χ2v) is 5.20. The van der Waals surface area contributed by atoms with Crippen molar-refractivity contribution in [2.75, 3.05) is 7.11 Å². The standard InChI is InChI=1S/C18H19NO2/c1-13-8-9-16-14(10-13)11-15(19(16)2)12-21-18-7-5-4-6-17(18)20-3/h4-11H,12H2,1-3H3. The Kier molecular flexibility index (Phi) is 3.57. The molecule has 21 heavy (non-hydrogen) atoms. The zero-order valence-electron chi connectivity index (χ0n) is 12.6. The van der Waals surface area contributed by atoms with Gasteiger partial charge in [0.25, 0.3) is 0 Å². The molecule has 0 amide bonds. The highest BCUT2D eigenvalue weighted by Gasteiger charge is 2.08. The lowest BCUT2D eigenvalue weighted by atomic mass is 10.2. The Labute approximate surface area is 124 Å². The lowest BCUT2D eigenvalue weighted by Crippen LogP contribution is -2.02. The molecule has 0 saturated carbocycles. The van der Waals surface area contributed by atoms with Gasteiger partial charge >= 0.3 is 0 Å². The van der Waals surface area contributed by atoms with Crippen molar-refractivity contribution in [2.45, 2.75) is 13.5 Å². The first-order valence-corrected chi connectivity index (χ1v) is 7.00. The molecule has 3 aromatic rings. The summed E-state index contributed by atoms with van der Waals surface area (Å²) in [4.78, 5) is 0. The number of aromatic nitrogens is 1. The molecule has 108 valence electrons. The maximum atomic E-state index is 5.91. The Morgan fingerprint density at radius 3 is 2.52 bits per heavy atom. The van der Waals surface area contributed by atoms with Crippen molar-refractivity contribution >= 4 is 10.9 Å². The molecule has 3 rings (SSSR count). The number of para-hydroxylation sites is 2. The highest BCUT2D eigenvalue weighted by atomic mass is 16.5. The lowest BCUT2D eigenvalue weighted by Gasteiger charge is -2.10. The molecule has 0 N–H and O–H groups in total. The van der Waals surface area contributed by atoms with Crippen molar-refractivity contribution in [3.63, 3.8) is 0 Å². The first kappa shape index (κ1) is 13.6. The molecule has 0 radical (unpaired) electrons. The summed E-state index contributed by atoms with van der Waals surface area (Å²) in [5, 5.41) is 1.25. The van der Waals surface area contributed by atoms with E-state index in [-0.39, 0.29) is 0 Å². The highest BCUT2D eigenvalue weighted by molar-refractivity contribution is 5.82. The van der Waals surface area contributed by atoms with E-state index in [1.54, 1.807) is 7.11 Å². The Morgan fingerprint density at radius 1 is 1.00 bits per heavy atom. The molecule has 0 atom stereocenters. The average molecular weight is 281 g/mol. The molecule has 0 aliphatic heterocycles. The predicted molar refractivity (Wildman–Crippen MR) is 85.0 cm³/mol. The van der Waals surface area contributed by atoms with Crippen LogP contribution in [0, 0.1) is 6.92 Å². The highest BCUT2D eigenvalue weighted by Crippen LogP contribution is 2.27. The van der Waals surface area contributed by atoms with E-state index in [4.69, 9.17) is 9.47 Å². The summed E-state index contributed by atoms with van der Waals surface area (Å²) in [7, 11) is 3.72. The SMILES string of the molecule is COc1ccccc1OCc1cc2cc(C)ccc2n1C. The Bertz CT molecular complexity index is 774. The van der Waals surface area contributed by atoms with Crippen molar-refractivity contribution in [1.82, 2.24) is 4.57 Å². The summed E-state index contributed by atoms with van der Waals surface area (Å²) in [6.45, 7) is 2.63. The molecule has 0 unspecified atom stereocenters. The maximum absolute atomic E-state index is 5.91. The van der Waals surface area contributed by atoms with Crippen LogP contribution in [0.25, 0.3) is 10.9 Å². The van der Waals surface area contributed by atoms with E-state index < -0.39 is 0 Å². The minimum Gasteiger partial charge on any atom is -0.493 e. The summed E-state index contributed by atoms with van der Waals surface area (Å²) < 4.78 is 13.4. The molecule has 3 heteroatoms. The number of ether oxygens (including phenoxy) is 2. The van der Waals surface area contributed by atoms with Gasteiger partial charge in [0.2, 0.25) is 0 Å². The molecule has 0 aliphatic rings. The van der Waals surface area contributed by atoms with Gasteiger partial charge in [-0.25, -0.2) is 0 Å². The molecule has 0 fully saturated rings. The van der Waals surface area contributed by atoms with Gasteiger partial charge < -0.3 is 14.0 Å². The van der Waals surface area contributed by atoms with Gasteiger partial charge in [-0.1, -0.05) is 23.8 Å². The second-order valence-electron chi connectivity index (χ2n) is 5.20. The molecular formula is C18H19NO2. The zero-order chi connectivity index (χ0) is 14.8. The Hall–Kier alpha value is -2.42. The first-order chi connectivity index (χ1) is 10.2. The van der Waals surface area contributed by atoms with Crippen LogP contribution in [0.1, 0.15) is 11.3 Å². The maximum Gasteiger partial charge on any atom is 0.161 e. The quantitative estimate of drug-likeness (QED) is 0.719. The summed E-state index contributed by atoms with van der Waals surface area (Å²) >= 11 is 0. The molecule has 1 heterocycles. The fraction of sp³-hybridized carbons (Fsp3) is 0.222. The predicted octanol–water partition coefficient (Wildman–Crippen LogP) is 4.07. The third kappa shape index (κ3) is 2.59. The Balaban J connectivity index is 1.87. The minimum atomic E-state index is 0.518. The number of fused-ring (bicyclic) bond motifs is 1. The van der Waals surface area contributed by atoms with Gasteiger partial charge in [-0.15, -0.1) is 0 Å². The number of hydrogen-bond acceptors (Lipinski definition) is 2. The van der Waals surface area contributed by atoms with Gasteiger partial charge in [-0.3, -0.25) is 0 Å². The number of aryl methyl sites for hydroxylation is 2. The van der Waals surface area contributed by atoms with Gasteiger partial charge in [0, 0.05) is 18.0 Å². The van der Waals surface area contributed by atoms with Crippen LogP contribution in [0.2, 0.25) is 0 Å². The summed E-state index contributed by atoms with van der Waals surface area (Å²) in [5.41, 5.74) is 3.63. The number of nitrogens with zero attached hydrogens (tertiary/aromatic N) is 1. The second kappa shape index (κ2) is 5.52. The normalized spacial score (nSPS) is 10.8. The van der Waals surface area contributed by atoms with Gasteiger partial charge in [0.15, 0.2) is 11.5 Å². The van der Waals surface area contributed by atoms with Crippen molar-refractivity contribution in [3.8, 4) is 11.5 Å². The average Bonchev–Trinajstić information content (AvgIpc) is 2.81. The van der Waals surface area contributed by atoms with E-state index in [1.807, 2.05) is 24.3 Å². The van der Waals surface area contributed by atoms with Crippen LogP contribution in [0.5, 0.6) is 11.5 Å². The van der Waals surface area contributed by atoms with Crippen molar-refractivity contribution in [2.24, 2.45) is 7.05 Å². The van der Waals surface area contributed by atoms with Gasteiger partial charge in [0.05, 0.1) is 12.8 Å². The molecule has 0 saturated heterocycles. The lowest BCUT2D eigenvalue weighted by molar-refractivity contribution is 0.278. The number of methoxy groups -OCH3 is 1. The third-order valence-electron chi connectivity index (χ3n) is 3.74. The third-order valence-corrected chi connectivity index (χ3v) is 3.74. The van der Waals surface area contributed by atoms with Crippen LogP contribution in [-0.4, -0.2) is 11.7 Å². The number of benzene rings is 2. The molecule has 0 spiro atoms. The van der Waals surface area contributed by atoms with Gasteiger partial charge in [-0.2, -0.15) is 0 Å². The zero-order valence-corrected chi connectivity index (χ0v) is 12.6. The van der Waals surface area contributed by atoms with E-state index in [0.717, 1.165) is 17.2 Å². The number of hydrogen-bond donors (Lipinski definition) is 0. The molecular weight excluding hydrogens is 262 g/mol. The fourth-order valence-corrected chi connectivity index (χ4v) is 2.55. The largest absolute Gasteiger partial charge is 0.493 e. The van der Waals surface area contributed by atoms with E-state index in [2.05, 4.69) is 42.8 Å². The van der Waals surface area contributed by atoms with E-state index in [9.17, 15) is 0 Å². The molecule has 2 aromatic carbocycles. The van der Waals surface area contributed by atoms with Crippen LogP contribution >= 0.6 is 0 Å². The van der Waals surface area contributed by atoms with Gasteiger partial charge in [-0.05, 0) is 37.3 Å². The van der Waals surface area contributed by atoms with Crippen LogP contribution in [0.4, 0.5) is 0 Å². The smallest absolute Gasteiger partial charge is 0.161 e. The number of rotatable bonds is 4. The summed E-state index contributed by atoms with van der Waals surface area (Å²) in [6.07, 6.45) is 0. The fourth-order valence-electron chi connectivity index (χ4n) is 2.55. The van der Waals surface area contributed by atoms with Crippen LogP contribution in [0.3, 0.4) is 0 Å². The summed E-state index contributed by atoms with van der Waals surface area (Å²) in [6, 6.07) is 16.4. The monoisotopic (exact) mass is 281 g/mol.